The summed E-state index contributed by atoms with van der Waals surface area (Å²) in [6.45, 7) is 2.36. The van der Waals surface area contributed by atoms with E-state index in [1.807, 2.05) is 0 Å². The van der Waals surface area contributed by atoms with E-state index in [4.69, 9.17) is 12.2 Å². The number of hydrogen-bond donors (Lipinski definition) is 1. The molecule has 1 aromatic heterocycles. The molecule has 0 bridgehead atoms. The Morgan fingerprint density at radius 3 is 2.50 bits per heavy atom. The van der Waals surface area contributed by atoms with Crippen LogP contribution >= 0.6 is 12.2 Å². The Balaban J connectivity index is 1.79. The number of nitrogens with one attached hydrogen (secondary N) is 1. The summed E-state index contributed by atoms with van der Waals surface area (Å²) in [6, 6.07) is 1.22. The predicted molar refractivity (Wildman–Crippen MR) is 75.5 cm³/mol. The number of aromatic amines is 1. The van der Waals surface area contributed by atoms with Gasteiger partial charge in [-0.05, 0) is 56.7 Å². The lowest BCUT2D eigenvalue weighted by atomic mass is 9.87. The SMILES string of the molecule is CC1CCC(N(C)c2n[nH]c(=S)n2C2CC2)CC1. The van der Waals surface area contributed by atoms with Crippen molar-refractivity contribution in [1.29, 1.82) is 0 Å². The minimum absolute atomic E-state index is 0.594. The molecule has 0 amide bonds. The summed E-state index contributed by atoms with van der Waals surface area (Å²) in [6.07, 6.45) is 7.73. The maximum Gasteiger partial charge on any atom is 0.225 e. The minimum Gasteiger partial charge on any atom is -0.341 e. The molecular weight excluding hydrogens is 244 g/mol. The second-order valence-corrected chi connectivity index (χ2v) is 6.34. The van der Waals surface area contributed by atoms with Crippen molar-refractivity contribution >= 4 is 18.2 Å². The van der Waals surface area contributed by atoms with Crippen LogP contribution in [0.25, 0.3) is 0 Å². The average Bonchev–Trinajstić information content (AvgIpc) is 3.13. The molecule has 2 aliphatic rings. The third-order valence-corrected chi connectivity index (χ3v) is 4.73. The van der Waals surface area contributed by atoms with E-state index in [-0.39, 0.29) is 0 Å². The fourth-order valence-electron chi connectivity index (χ4n) is 3.00. The standard InChI is InChI=1S/C13H22N4S/c1-9-3-5-10(6-4-9)16(2)12-14-15-13(18)17(12)11-7-8-11/h9-11H,3-8H2,1-2H3,(H,15,18). The van der Waals surface area contributed by atoms with Gasteiger partial charge in [0.1, 0.15) is 0 Å². The third-order valence-electron chi connectivity index (χ3n) is 4.45. The highest BCUT2D eigenvalue weighted by Crippen LogP contribution is 2.38. The molecular formula is C13H22N4S. The van der Waals surface area contributed by atoms with Gasteiger partial charge in [0.15, 0.2) is 4.77 Å². The van der Waals surface area contributed by atoms with Crippen LogP contribution in [-0.2, 0) is 0 Å². The van der Waals surface area contributed by atoms with E-state index in [2.05, 4.69) is 33.6 Å². The predicted octanol–water partition coefficient (Wildman–Crippen LogP) is 3.29. The van der Waals surface area contributed by atoms with Crippen molar-refractivity contribution < 1.29 is 0 Å². The fraction of sp³-hybridized carbons (Fsp3) is 0.846. The smallest absolute Gasteiger partial charge is 0.225 e. The first kappa shape index (κ1) is 12.2. The number of H-pyrrole nitrogens is 1. The largest absolute Gasteiger partial charge is 0.341 e. The monoisotopic (exact) mass is 266 g/mol. The summed E-state index contributed by atoms with van der Waals surface area (Å²) in [4.78, 5) is 2.34. The van der Waals surface area contributed by atoms with E-state index >= 15 is 0 Å². The maximum absolute atomic E-state index is 5.35. The molecule has 18 heavy (non-hydrogen) atoms. The van der Waals surface area contributed by atoms with Crippen LogP contribution in [0.1, 0.15) is 51.5 Å². The van der Waals surface area contributed by atoms with Gasteiger partial charge in [0.05, 0.1) is 0 Å². The van der Waals surface area contributed by atoms with E-state index in [9.17, 15) is 0 Å². The Morgan fingerprint density at radius 1 is 1.22 bits per heavy atom. The van der Waals surface area contributed by atoms with Crippen LogP contribution in [-0.4, -0.2) is 27.9 Å². The molecule has 1 heterocycles. The molecule has 2 fully saturated rings. The zero-order valence-corrected chi connectivity index (χ0v) is 12.0. The van der Waals surface area contributed by atoms with Crippen molar-refractivity contribution in [2.75, 3.05) is 11.9 Å². The quantitative estimate of drug-likeness (QED) is 0.853. The zero-order valence-electron chi connectivity index (χ0n) is 11.2. The van der Waals surface area contributed by atoms with Crippen LogP contribution in [0.2, 0.25) is 0 Å². The van der Waals surface area contributed by atoms with Gasteiger partial charge >= 0.3 is 0 Å². The van der Waals surface area contributed by atoms with Crippen LogP contribution in [0.15, 0.2) is 0 Å². The van der Waals surface area contributed by atoms with Crippen LogP contribution in [0.3, 0.4) is 0 Å². The average molecular weight is 266 g/mol. The first-order chi connectivity index (χ1) is 8.66. The molecule has 0 aliphatic heterocycles. The lowest BCUT2D eigenvalue weighted by Gasteiger charge is -2.34. The van der Waals surface area contributed by atoms with E-state index < -0.39 is 0 Å². The highest BCUT2D eigenvalue weighted by Gasteiger charge is 2.31. The Morgan fingerprint density at radius 2 is 1.89 bits per heavy atom. The van der Waals surface area contributed by atoms with Crippen LogP contribution in [0.5, 0.6) is 0 Å². The number of nitrogens with zero attached hydrogens (tertiary/aromatic N) is 3. The molecule has 1 aromatic rings. The molecule has 2 saturated carbocycles. The molecule has 1 N–H and O–H groups in total. The molecule has 4 nitrogen and oxygen atoms in total. The second-order valence-electron chi connectivity index (χ2n) is 5.95. The fourth-order valence-corrected chi connectivity index (χ4v) is 3.28. The Labute approximate surface area is 113 Å². The summed E-state index contributed by atoms with van der Waals surface area (Å²) in [5.41, 5.74) is 0. The van der Waals surface area contributed by atoms with Crippen LogP contribution < -0.4 is 4.90 Å². The normalized spacial score (nSPS) is 28.3. The molecule has 0 saturated heterocycles. The highest BCUT2D eigenvalue weighted by atomic mass is 32.1. The summed E-state index contributed by atoms with van der Waals surface area (Å²) in [7, 11) is 2.17. The maximum atomic E-state index is 5.35. The minimum atomic E-state index is 0.594. The lowest BCUT2D eigenvalue weighted by Crippen LogP contribution is -2.36. The van der Waals surface area contributed by atoms with Crippen LogP contribution in [0, 0.1) is 10.7 Å². The molecule has 0 unspecified atom stereocenters. The zero-order chi connectivity index (χ0) is 12.7. The van der Waals surface area contributed by atoms with E-state index in [0.717, 1.165) is 16.6 Å². The molecule has 0 aromatic carbocycles. The molecule has 100 valence electrons. The van der Waals surface area contributed by atoms with Gasteiger partial charge in [0.2, 0.25) is 5.95 Å². The van der Waals surface area contributed by atoms with Crippen molar-refractivity contribution in [3.63, 3.8) is 0 Å². The van der Waals surface area contributed by atoms with Gasteiger partial charge in [-0.15, -0.1) is 5.10 Å². The third kappa shape index (κ3) is 2.20. The number of aromatic nitrogens is 3. The molecule has 0 radical (unpaired) electrons. The van der Waals surface area contributed by atoms with Crippen molar-refractivity contribution in [2.45, 2.75) is 57.5 Å². The molecule has 3 rings (SSSR count). The first-order valence-corrected chi connectivity index (χ1v) is 7.47. The lowest BCUT2D eigenvalue weighted by molar-refractivity contribution is 0.337. The second kappa shape index (κ2) is 4.68. The summed E-state index contributed by atoms with van der Waals surface area (Å²) in [5.74, 6) is 1.93. The van der Waals surface area contributed by atoms with Gasteiger partial charge in [0.25, 0.3) is 0 Å². The van der Waals surface area contributed by atoms with Gasteiger partial charge in [-0.2, -0.15) is 0 Å². The van der Waals surface area contributed by atoms with E-state index in [1.165, 1.54) is 38.5 Å². The summed E-state index contributed by atoms with van der Waals surface area (Å²) < 4.78 is 3.00. The van der Waals surface area contributed by atoms with Gasteiger partial charge in [0, 0.05) is 19.1 Å². The van der Waals surface area contributed by atoms with Gasteiger partial charge in [-0.3, -0.25) is 4.57 Å². The van der Waals surface area contributed by atoms with Gasteiger partial charge < -0.3 is 4.90 Å². The Hall–Kier alpha value is -0.840. The van der Waals surface area contributed by atoms with Gasteiger partial charge in [-0.1, -0.05) is 6.92 Å². The van der Waals surface area contributed by atoms with E-state index in [0.29, 0.717) is 12.1 Å². The first-order valence-electron chi connectivity index (χ1n) is 7.06. The van der Waals surface area contributed by atoms with Crippen molar-refractivity contribution in [2.24, 2.45) is 5.92 Å². The number of anilines is 1. The molecule has 0 spiro atoms. The van der Waals surface area contributed by atoms with Crippen molar-refractivity contribution in [3.8, 4) is 0 Å². The highest BCUT2D eigenvalue weighted by molar-refractivity contribution is 7.71. The molecule has 5 heteroatoms. The molecule has 0 atom stereocenters. The van der Waals surface area contributed by atoms with Crippen molar-refractivity contribution in [1.82, 2.24) is 14.8 Å². The summed E-state index contributed by atoms with van der Waals surface area (Å²) in [5, 5.41) is 7.40. The Bertz CT molecular complexity index is 466. The van der Waals surface area contributed by atoms with E-state index in [1.54, 1.807) is 0 Å². The summed E-state index contributed by atoms with van der Waals surface area (Å²) >= 11 is 5.35. The van der Waals surface area contributed by atoms with Crippen LogP contribution in [0.4, 0.5) is 5.95 Å². The topological polar surface area (TPSA) is 36.9 Å². The number of rotatable bonds is 3. The van der Waals surface area contributed by atoms with Crippen molar-refractivity contribution in [3.05, 3.63) is 4.77 Å². The Kier molecular flexibility index (Phi) is 3.18. The van der Waals surface area contributed by atoms with Gasteiger partial charge in [-0.25, -0.2) is 5.10 Å². The molecule has 2 aliphatic carbocycles. The number of hydrogen-bond acceptors (Lipinski definition) is 3.